The van der Waals surface area contributed by atoms with E-state index in [-0.39, 0.29) is 6.42 Å². The van der Waals surface area contributed by atoms with Gasteiger partial charge in [0.2, 0.25) is 10.0 Å². The number of carboxylic acids is 1. The second-order valence-corrected chi connectivity index (χ2v) is 6.17. The highest BCUT2D eigenvalue weighted by Gasteiger charge is 2.12. The van der Waals surface area contributed by atoms with Gasteiger partial charge < -0.3 is 10.4 Å². The highest BCUT2D eigenvalue weighted by molar-refractivity contribution is 7.92. The number of rotatable bonds is 6. The number of sulfonamides is 1. The van der Waals surface area contributed by atoms with Gasteiger partial charge in [0.15, 0.2) is 0 Å². The van der Waals surface area contributed by atoms with Crippen molar-refractivity contribution in [1.29, 1.82) is 0 Å². The number of benzene rings is 1. The first-order valence-corrected chi connectivity index (χ1v) is 7.67. The van der Waals surface area contributed by atoms with E-state index in [1.165, 1.54) is 24.3 Å². The molecule has 8 heteroatoms. The second kappa shape index (κ2) is 6.38. The van der Waals surface area contributed by atoms with Crippen LogP contribution in [-0.4, -0.2) is 37.7 Å². The third-order valence-corrected chi connectivity index (χ3v) is 2.92. The molecule has 0 aliphatic heterocycles. The number of hydrogen-bond acceptors (Lipinski definition) is 4. The molecule has 1 aromatic rings. The number of aliphatic carboxylic acids is 1. The van der Waals surface area contributed by atoms with Crippen LogP contribution in [0, 0.1) is 0 Å². The van der Waals surface area contributed by atoms with Crippen LogP contribution in [-0.2, 0) is 14.8 Å². The molecular weight excluding hydrogens is 284 g/mol. The summed E-state index contributed by atoms with van der Waals surface area (Å²) >= 11 is 0. The van der Waals surface area contributed by atoms with Crippen LogP contribution in [0.5, 0.6) is 0 Å². The van der Waals surface area contributed by atoms with Crippen LogP contribution in [0.25, 0.3) is 0 Å². The van der Waals surface area contributed by atoms with Crippen molar-refractivity contribution < 1.29 is 23.1 Å². The van der Waals surface area contributed by atoms with Gasteiger partial charge in [-0.25, -0.2) is 8.42 Å². The van der Waals surface area contributed by atoms with Gasteiger partial charge in [-0.1, -0.05) is 0 Å². The molecule has 0 aliphatic rings. The summed E-state index contributed by atoms with van der Waals surface area (Å²) in [7, 11) is -3.36. The number of nitrogens with one attached hydrogen (secondary N) is 2. The number of anilines is 1. The summed E-state index contributed by atoms with van der Waals surface area (Å²) in [6.45, 7) is 1.59. The first-order valence-electron chi connectivity index (χ1n) is 5.78. The molecule has 0 fully saturated rings. The molecule has 0 radical (unpaired) electrons. The summed E-state index contributed by atoms with van der Waals surface area (Å²) in [5, 5.41) is 11.1. The van der Waals surface area contributed by atoms with E-state index in [2.05, 4.69) is 10.0 Å². The Morgan fingerprint density at radius 1 is 1.25 bits per heavy atom. The predicted octanol–water partition coefficient (Wildman–Crippen LogP) is 0.651. The topological polar surface area (TPSA) is 113 Å². The molecule has 0 spiro atoms. The van der Waals surface area contributed by atoms with E-state index in [9.17, 15) is 18.0 Å². The van der Waals surface area contributed by atoms with E-state index in [1.807, 2.05) is 0 Å². The molecule has 1 unspecified atom stereocenters. The zero-order chi connectivity index (χ0) is 15.3. The molecule has 0 saturated carbocycles. The molecule has 0 aliphatic carbocycles. The van der Waals surface area contributed by atoms with E-state index in [4.69, 9.17) is 5.11 Å². The summed E-state index contributed by atoms with van der Waals surface area (Å²) in [6.07, 6.45) is 0.862. The normalized spacial score (nSPS) is 12.5. The van der Waals surface area contributed by atoms with Crippen LogP contribution in [0.4, 0.5) is 5.69 Å². The van der Waals surface area contributed by atoms with Crippen molar-refractivity contribution in [2.75, 3.05) is 11.0 Å². The molecule has 1 atom stereocenters. The summed E-state index contributed by atoms with van der Waals surface area (Å²) in [5.41, 5.74) is 0.670. The van der Waals surface area contributed by atoms with Gasteiger partial charge in [-0.15, -0.1) is 0 Å². The molecule has 1 aromatic carbocycles. The Morgan fingerprint density at radius 3 is 2.25 bits per heavy atom. The lowest BCUT2D eigenvalue weighted by atomic mass is 10.1. The first-order chi connectivity index (χ1) is 9.17. The Kier molecular flexibility index (Phi) is 5.09. The van der Waals surface area contributed by atoms with Crippen LogP contribution in [0.2, 0.25) is 0 Å². The van der Waals surface area contributed by atoms with Crippen molar-refractivity contribution in [2.45, 2.75) is 19.4 Å². The van der Waals surface area contributed by atoms with E-state index in [1.54, 1.807) is 6.92 Å². The third kappa shape index (κ3) is 5.70. The van der Waals surface area contributed by atoms with Crippen molar-refractivity contribution in [3.8, 4) is 0 Å². The Hall–Kier alpha value is -2.09. The largest absolute Gasteiger partial charge is 0.481 e. The SMILES string of the molecule is CC(CC(=O)O)NC(=O)c1ccc(NS(C)(=O)=O)cc1. The van der Waals surface area contributed by atoms with Crippen molar-refractivity contribution in [1.82, 2.24) is 5.32 Å². The van der Waals surface area contributed by atoms with Gasteiger partial charge in [-0.2, -0.15) is 0 Å². The fraction of sp³-hybridized carbons (Fsp3) is 0.333. The minimum atomic E-state index is -3.36. The Morgan fingerprint density at radius 2 is 1.80 bits per heavy atom. The highest BCUT2D eigenvalue weighted by Crippen LogP contribution is 2.11. The van der Waals surface area contributed by atoms with Crippen molar-refractivity contribution >= 4 is 27.6 Å². The lowest BCUT2D eigenvalue weighted by Crippen LogP contribution is -2.34. The summed E-state index contributed by atoms with van der Waals surface area (Å²) in [5.74, 6) is -1.41. The van der Waals surface area contributed by atoms with Gasteiger partial charge in [0, 0.05) is 17.3 Å². The van der Waals surface area contributed by atoms with Crippen LogP contribution in [0.3, 0.4) is 0 Å². The maximum absolute atomic E-state index is 11.8. The smallest absolute Gasteiger partial charge is 0.305 e. The molecule has 0 aromatic heterocycles. The van der Waals surface area contributed by atoms with Crippen LogP contribution < -0.4 is 10.0 Å². The maximum Gasteiger partial charge on any atom is 0.305 e. The molecule has 0 heterocycles. The minimum Gasteiger partial charge on any atom is -0.481 e. The van der Waals surface area contributed by atoms with Crippen LogP contribution in [0.1, 0.15) is 23.7 Å². The number of carbonyl (C=O) groups excluding carboxylic acids is 1. The third-order valence-electron chi connectivity index (χ3n) is 2.31. The molecule has 20 heavy (non-hydrogen) atoms. The van der Waals surface area contributed by atoms with Gasteiger partial charge in [0.25, 0.3) is 5.91 Å². The molecule has 3 N–H and O–H groups in total. The van der Waals surface area contributed by atoms with Crippen LogP contribution in [0.15, 0.2) is 24.3 Å². The summed E-state index contributed by atoms with van der Waals surface area (Å²) in [6, 6.07) is 5.33. The fourth-order valence-electron chi connectivity index (χ4n) is 1.52. The predicted molar refractivity (Wildman–Crippen MR) is 74.1 cm³/mol. The average molecular weight is 300 g/mol. The van der Waals surface area contributed by atoms with E-state index < -0.39 is 27.9 Å². The molecule has 0 saturated heterocycles. The van der Waals surface area contributed by atoms with Crippen molar-refractivity contribution in [2.24, 2.45) is 0 Å². The lowest BCUT2D eigenvalue weighted by Gasteiger charge is -2.12. The summed E-state index contributed by atoms with van der Waals surface area (Å²) in [4.78, 5) is 22.3. The number of carboxylic acid groups (broad SMARTS) is 1. The summed E-state index contributed by atoms with van der Waals surface area (Å²) < 4.78 is 24.3. The second-order valence-electron chi connectivity index (χ2n) is 4.42. The van der Waals surface area contributed by atoms with Crippen molar-refractivity contribution in [3.05, 3.63) is 29.8 Å². The molecule has 1 amide bonds. The van der Waals surface area contributed by atoms with E-state index in [0.29, 0.717) is 11.3 Å². The van der Waals surface area contributed by atoms with Gasteiger partial charge in [-0.05, 0) is 31.2 Å². The molecule has 7 nitrogen and oxygen atoms in total. The van der Waals surface area contributed by atoms with Gasteiger partial charge >= 0.3 is 5.97 Å². The quantitative estimate of drug-likeness (QED) is 0.714. The zero-order valence-electron chi connectivity index (χ0n) is 11.1. The Balaban J connectivity index is 2.68. The van der Waals surface area contributed by atoms with Gasteiger partial charge in [-0.3, -0.25) is 14.3 Å². The van der Waals surface area contributed by atoms with Crippen molar-refractivity contribution in [3.63, 3.8) is 0 Å². The standard InChI is InChI=1S/C12H16N2O5S/c1-8(7-11(15)16)13-12(17)9-3-5-10(6-4-9)14-20(2,18)19/h3-6,8,14H,7H2,1-2H3,(H,13,17)(H,15,16). The fourth-order valence-corrected chi connectivity index (χ4v) is 2.09. The molecule has 110 valence electrons. The zero-order valence-corrected chi connectivity index (χ0v) is 11.9. The lowest BCUT2D eigenvalue weighted by molar-refractivity contribution is -0.137. The van der Waals surface area contributed by atoms with Gasteiger partial charge in [0.05, 0.1) is 12.7 Å². The monoisotopic (exact) mass is 300 g/mol. The Labute approximate surface area is 117 Å². The first kappa shape index (κ1) is 16.0. The van der Waals surface area contributed by atoms with E-state index >= 15 is 0 Å². The minimum absolute atomic E-state index is 0.167. The molecular formula is C12H16N2O5S. The Bertz CT molecular complexity index is 595. The number of amides is 1. The highest BCUT2D eigenvalue weighted by atomic mass is 32.2. The number of hydrogen-bond donors (Lipinski definition) is 3. The molecule has 0 bridgehead atoms. The molecule has 1 rings (SSSR count). The van der Waals surface area contributed by atoms with E-state index in [0.717, 1.165) is 6.26 Å². The van der Waals surface area contributed by atoms with Crippen LogP contribution >= 0.6 is 0 Å². The average Bonchev–Trinajstić information content (AvgIpc) is 2.26. The maximum atomic E-state index is 11.8. The van der Waals surface area contributed by atoms with Gasteiger partial charge in [0.1, 0.15) is 0 Å². The number of carbonyl (C=O) groups is 2.